The Morgan fingerprint density at radius 1 is 1.00 bits per heavy atom. The molecule has 0 aliphatic carbocycles. The molecule has 0 amide bonds. The number of rotatable bonds is 4. The van der Waals surface area contributed by atoms with Crippen LogP contribution in [0.2, 0.25) is 0 Å². The van der Waals surface area contributed by atoms with Crippen LogP contribution in [0.3, 0.4) is 0 Å². The molecule has 7 nitrogen and oxygen atoms in total. The van der Waals surface area contributed by atoms with E-state index < -0.39 is 0 Å². The Kier molecular flexibility index (Phi) is 4.19. The van der Waals surface area contributed by atoms with Crippen molar-refractivity contribution in [2.75, 3.05) is 0 Å². The molecular formula is C24H16N6OS. The topological polar surface area (TPSA) is 100 Å². The second kappa shape index (κ2) is 7.21. The van der Waals surface area contributed by atoms with Crippen molar-refractivity contribution in [1.29, 1.82) is 0 Å². The summed E-state index contributed by atoms with van der Waals surface area (Å²) in [7, 11) is 0. The van der Waals surface area contributed by atoms with Crippen molar-refractivity contribution in [3.63, 3.8) is 0 Å². The summed E-state index contributed by atoms with van der Waals surface area (Å²) in [5, 5.41) is 8.62. The number of nitrogens with one attached hydrogen (secondary N) is 2. The number of pyridine rings is 3. The molecule has 6 aromatic rings. The first-order chi connectivity index (χ1) is 15.7. The number of aromatic nitrogens is 6. The molecule has 154 valence electrons. The lowest BCUT2D eigenvalue weighted by Gasteiger charge is -2.00. The lowest BCUT2D eigenvalue weighted by Crippen LogP contribution is -1.86. The number of thiophene rings is 1. The van der Waals surface area contributed by atoms with E-state index >= 15 is 0 Å². The number of nitrogens with zero attached hydrogens (tertiary/aromatic N) is 4. The maximum absolute atomic E-state index is 11.7. The van der Waals surface area contributed by atoms with Gasteiger partial charge in [0.25, 0.3) is 0 Å². The SMILES string of the molecule is CC(=O)c1ccc(-c2cncc3[nH]c(-c4n[nH]c5ccc(-c6cccnc6)nc45)cc23)s1. The van der Waals surface area contributed by atoms with Crippen LogP contribution in [0.25, 0.3) is 55.0 Å². The second-order valence-corrected chi connectivity index (χ2v) is 8.54. The molecule has 0 fully saturated rings. The lowest BCUT2D eigenvalue weighted by atomic mass is 10.1. The lowest BCUT2D eigenvalue weighted by molar-refractivity contribution is 0.102. The summed E-state index contributed by atoms with van der Waals surface area (Å²) in [5.41, 5.74) is 6.88. The highest BCUT2D eigenvalue weighted by Crippen LogP contribution is 2.36. The van der Waals surface area contributed by atoms with Crippen molar-refractivity contribution in [1.82, 2.24) is 30.1 Å². The quantitative estimate of drug-likeness (QED) is 0.356. The van der Waals surface area contributed by atoms with E-state index in [9.17, 15) is 4.79 Å². The first-order valence-electron chi connectivity index (χ1n) is 10.0. The molecule has 2 N–H and O–H groups in total. The van der Waals surface area contributed by atoms with E-state index in [1.807, 2.05) is 42.6 Å². The van der Waals surface area contributed by atoms with Crippen LogP contribution in [0.4, 0.5) is 0 Å². The average molecular weight is 437 g/mol. The third-order valence-electron chi connectivity index (χ3n) is 5.38. The molecule has 0 saturated carbocycles. The molecule has 6 aromatic heterocycles. The number of ketones is 1. The highest BCUT2D eigenvalue weighted by Gasteiger charge is 2.16. The number of H-pyrrole nitrogens is 2. The summed E-state index contributed by atoms with van der Waals surface area (Å²) >= 11 is 1.47. The van der Waals surface area contributed by atoms with Gasteiger partial charge in [0.05, 0.1) is 33.5 Å². The molecule has 6 rings (SSSR count). The van der Waals surface area contributed by atoms with Crippen molar-refractivity contribution in [3.8, 4) is 33.1 Å². The van der Waals surface area contributed by atoms with Gasteiger partial charge in [-0.25, -0.2) is 4.98 Å². The summed E-state index contributed by atoms with van der Waals surface area (Å²) in [6, 6.07) is 13.7. The van der Waals surface area contributed by atoms with E-state index in [2.05, 4.69) is 31.2 Å². The maximum atomic E-state index is 11.7. The van der Waals surface area contributed by atoms with Gasteiger partial charge < -0.3 is 4.98 Å². The molecule has 0 atom stereocenters. The number of hydrogen-bond donors (Lipinski definition) is 2. The molecule has 0 aromatic carbocycles. The molecule has 0 aliphatic rings. The van der Waals surface area contributed by atoms with Crippen molar-refractivity contribution in [2.24, 2.45) is 0 Å². The molecular weight excluding hydrogens is 420 g/mol. The van der Waals surface area contributed by atoms with Crippen LogP contribution in [0.1, 0.15) is 16.6 Å². The van der Waals surface area contributed by atoms with E-state index in [0.29, 0.717) is 0 Å². The Morgan fingerprint density at radius 3 is 2.75 bits per heavy atom. The molecule has 0 saturated heterocycles. The summed E-state index contributed by atoms with van der Waals surface area (Å²) in [6.07, 6.45) is 7.17. The smallest absolute Gasteiger partial charge is 0.169 e. The van der Waals surface area contributed by atoms with Gasteiger partial charge in [-0.15, -0.1) is 11.3 Å². The Bertz CT molecular complexity index is 1610. The zero-order chi connectivity index (χ0) is 21.7. The van der Waals surface area contributed by atoms with Gasteiger partial charge in [-0.3, -0.25) is 19.9 Å². The second-order valence-electron chi connectivity index (χ2n) is 7.46. The predicted octanol–water partition coefficient (Wildman–Crippen LogP) is 5.49. The van der Waals surface area contributed by atoms with Crippen LogP contribution in [0.5, 0.6) is 0 Å². The fourth-order valence-corrected chi connectivity index (χ4v) is 4.73. The van der Waals surface area contributed by atoms with Crippen LogP contribution in [0.15, 0.2) is 67.3 Å². The molecule has 0 unspecified atom stereocenters. The third kappa shape index (κ3) is 3.00. The van der Waals surface area contributed by atoms with E-state index in [1.165, 1.54) is 11.3 Å². The minimum Gasteiger partial charge on any atom is -0.352 e. The van der Waals surface area contributed by atoms with Crippen molar-refractivity contribution in [2.45, 2.75) is 6.92 Å². The van der Waals surface area contributed by atoms with Gasteiger partial charge in [0.2, 0.25) is 0 Å². The number of aromatic amines is 2. The average Bonchev–Trinajstić information content (AvgIpc) is 3.56. The molecule has 32 heavy (non-hydrogen) atoms. The Hall–Kier alpha value is -4.17. The Morgan fingerprint density at radius 2 is 1.94 bits per heavy atom. The highest BCUT2D eigenvalue weighted by molar-refractivity contribution is 7.17. The summed E-state index contributed by atoms with van der Waals surface area (Å²) in [6.45, 7) is 1.58. The Labute approximate surface area is 186 Å². The van der Waals surface area contributed by atoms with Crippen LogP contribution >= 0.6 is 11.3 Å². The van der Waals surface area contributed by atoms with Crippen LogP contribution < -0.4 is 0 Å². The molecule has 0 spiro atoms. The van der Waals surface area contributed by atoms with Crippen molar-refractivity contribution >= 4 is 39.1 Å². The maximum Gasteiger partial charge on any atom is 0.169 e. The first kappa shape index (κ1) is 18.6. The van der Waals surface area contributed by atoms with E-state index in [-0.39, 0.29) is 5.78 Å². The standard InChI is InChI=1S/C24H16N6OS/c1-13(31)21-6-7-22(32-21)16-11-26-12-20-15(16)9-19(27-20)24-23-18(29-30-24)5-4-17(28-23)14-3-2-8-25-10-14/h2-12,27H,1H3,(H,29,30). The minimum absolute atomic E-state index is 0.0645. The summed E-state index contributed by atoms with van der Waals surface area (Å²) in [4.78, 5) is 30.3. The molecule has 0 radical (unpaired) electrons. The van der Waals surface area contributed by atoms with Crippen molar-refractivity contribution in [3.05, 3.63) is 72.1 Å². The highest BCUT2D eigenvalue weighted by atomic mass is 32.1. The number of carbonyl (C=O) groups excluding carboxylic acids is 1. The first-order valence-corrected chi connectivity index (χ1v) is 10.8. The van der Waals surface area contributed by atoms with Gasteiger partial charge in [0.15, 0.2) is 5.78 Å². The minimum atomic E-state index is 0.0645. The van der Waals surface area contributed by atoms with Crippen LogP contribution in [0, 0.1) is 0 Å². The normalized spacial score (nSPS) is 11.4. The molecule has 0 aliphatic heterocycles. The zero-order valence-electron chi connectivity index (χ0n) is 17.0. The van der Waals surface area contributed by atoms with Gasteiger partial charge in [-0.1, -0.05) is 0 Å². The fourth-order valence-electron chi connectivity index (χ4n) is 3.81. The largest absolute Gasteiger partial charge is 0.352 e. The summed E-state index contributed by atoms with van der Waals surface area (Å²) < 4.78 is 0. The van der Waals surface area contributed by atoms with E-state index in [4.69, 9.17) is 4.98 Å². The van der Waals surface area contributed by atoms with Gasteiger partial charge in [-0.05, 0) is 49.4 Å². The van der Waals surface area contributed by atoms with Gasteiger partial charge in [0, 0.05) is 40.0 Å². The van der Waals surface area contributed by atoms with Crippen LogP contribution in [-0.4, -0.2) is 35.9 Å². The van der Waals surface area contributed by atoms with Gasteiger partial charge in [-0.2, -0.15) is 5.10 Å². The molecule has 0 bridgehead atoms. The number of hydrogen-bond acceptors (Lipinski definition) is 6. The Balaban J connectivity index is 1.49. The van der Waals surface area contributed by atoms with Gasteiger partial charge >= 0.3 is 0 Å². The number of Topliss-reactive ketones (excluding diaryl/α,β-unsaturated/α-hetero) is 1. The third-order valence-corrected chi connectivity index (χ3v) is 6.60. The molecule has 8 heteroatoms. The summed E-state index contributed by atoms with van der Waals surface area (Å²) in [5.74, 6) is 0.0645. The van der Waals surface area contributed by atoms with Gasteiger partial charge in [0.1, 0.15) is 11.2 Å². The zero-order valence-corrected chi connectivity index (χ0v) is 17.8. The number of carbonyl (C=O) groups is 1. The number of fused-ring (bicyclic) bond motifs is 2. The van der Waals surface area contributed by atoms with E-state index in [1.54, 1.807) is 25.5 Å². The monoisotopic (exact) mass is 436 g/mol. The van der Waals surface area contributed by atoms with Crippen molar-refractivity contribution < 1.29 is 4.79 Å². The predicted molar refractivity (Wildman–Crippen MR) is 126 cm³/mol. The molecule has 6 heterocycles. The van der Waals surface area contributed by atoms with Crippen LogP contribution in [-0.2, 0) is 0 Å². The fraction of sp³-hybridized carbons (Fsp3) is 0.0417. The van der Waals surface area contributed by atoms with E-state index in [0.717, 1.165) is 59.9 Å².